The number of nitriles is 1. The topological polar surface area (TPSA) is 126 Å². The quantitative estimate of drug-likeness (QED) is 0.129. The van der Waals surface area contributed by atoms with E-state index in [1.807, 2.05) is 0 Å². The summed E-state index contributed by atoms with van der Waals surface area (Å²) in [5.41, 5.74) is 10.1. The maximum absolute atomic E-state index is 13.1. The second-order valence-electron chi connectivity index (χ2n) is 10.7. The summed E-state index contributed by atoms with van der Waals surface area (Å²) in [7, 11) is -1.25. The Morgan fingerprint density at radius 1 is 1.12 bits per heavy atom. The highest BCUT2D eigenvalue weighted by Crippen LogP contribution is 2.41. The zero-order valence-electron chi connectivity index (χ0n) is 23.5. The van der Waals surface area contributed by atoms with Crippen LogP contribution in [-0.2, 0) is 17.4 Å². The van der Waals surface area contributed by atoms with Crippen molar-refractivity contribution < 1.29 is 9.30 Å². The van der Waals surface area contributed by atoms with Crippen LogP contribution in [0.1, 0.15) is 55.2 Å². The Hall–Kier alpha value is -3.11. The number of ether oxygens (including phenoxy) is 1. The number of unbranched alkanes of at least 4 members (excludes halogenated alkanes) is 2. The van der Waals surface area contributed by atoms with Gasteiger partial charge in [-0.15, -0.1) is 0 Å². The summed E-state index contributed by atoms with van der Waals surface area (Å²) in [5.74, 6) is 1.85. The summed E-state index contributed by atoms with van der Waals surface area (Å²) in [4.78, 5) is 8.97. The molecule has 0 bridgehead atoms. The number of nitrogens with two attached hydrogens (primary N) is 1. The number of aryl methyl sites for hydroxylation is 2. The predicted molar refractivity (Wildman–Crippen MR) is 165 cm³/mol. The van der Waals surface area contributed by atoms with Gasteiger partial charge < -0.3 is 25.7 Å². The first-order chi connectivity index (χ1) is 19.2. The minimum absolute atomic E-state index is 0.298. The Morgan fingerprint density at radius 2 is 1.90 bits per heavy atom. The molecule has 1 heterocycles. The molecule has 0 amide bonds. The van der Waals surface area contributed by atoms with Crippen LogP contribution in [0.3, 0.4) is 0 Å². The average Bonchev–Trinajstić information content (AvgIpc) is 3.14. The Morgan fingerprint density at radius 3 is 2.60 bits per heavy atom. The van der Waals surface area contributed by atoms with Gasteiger partial charge >= 0.3 is 0 Å². The van der Waals surface area contributed by atoms with E-state index in [4.69, 9.17) is 22.1 Å². The Bertz CT molecular complexity index is 1430. The summed E-state index contributed by atoms with van der Waals surface area (Å²) in [6.07, 6.45) is 11.0. The third-order valence-corrected chi connectivity index (χ3v) is 9.25. The number of hydrogen-bond acceptors (Lipinski definition) is 8. The van der Waals surface area contributed by atoms with E-state index in [0.717, 1.165) is 37.4 Å². The molecule has 0 fully saturated rings. The molecule has 0 radical (unpaired) electrons. The van der Waals surface area contributed by atoms with Crippen molar-refractivity contribution in [2.45, 2.75) is 51.4 Å². The predicted octanol–water partition coefficient (Wildman–Crippen LogP) is 6.76. The fourth-order valence-corrected chi connectivity index (χ4v) is 6.50. The fraction of sp³-hybridized carbons (Fsp3) is 0.433. The van der Waals surface area contributed by atoms with Crippen molar-refractivity contribution >= 4 is 47.2 Å². The van der Waals surface area contributed by atoms with E-state index in [1.54, 1.807) is 25.5 Å². The molecular weight excluding hydrogens is 543 g/mol. The van der Waals surface area contributed by atoms with Gasteiger partial charge in [0.15, 0.2) is 5.82 Å². The number of methoxy groups -OCH3 is 1. The molecule has 0 spiro atoms. The average molecular weight is 581 g/mol. The number of aromatic nitrogens is 2. The van der Waals surface area contributed by atoms with Gasteiger partial charge in [0, 0.05) is 11.0 Å². The lowest BCUT2D eigenvalue weighted by Crippen LogP contribution is -2.13. The Kier molecular flexibility index (Phi) is 10.1. The van der Waals surface area contributed by atoms with Crippen molar-refractivity contribution in [3.05, 3.63) is 58.2 Å². The molecule has 212 valence electrons. The number of nitrogens with one attached hydrogen (secondary N) is 2. The second-order valence-corrected chi connectivity index (χ2v) is 14.3. The molecule has 4 rings (SSSR count). The lowest BCUT2D eigenvalue weighted by atomic mass is 9.93. The van der Waals surface area contributed by atoms with Gasteiger partial charge in [0.05, 0.1) is 24.6 Å². The van der Waals surface area contributed by atoms with Gasteiger partial charge in [0.1, 0.15) is 24.0 Å². The maximum Gasteiger partial charge on any atom is 0.229 e. The minimum Gasteiger partial charge on any atom is -0.495 e. The number of fused-ring (bicyclic) bond motifs is 1. The Labute approximate surface area is 242 Å². The standard InChI is InChI=1S/C30H38ClN6O2P/c1-39-27-17-28(40(2,3)38)26(16-23(27)18-33)36-29-25(31)19-34-30(37-29)35-24-13-12-21-10-8-20(7-5-4-6-14-32)9-11-22(21)15-24/h12-13,15-17,19-20H,4-11,14,32H2,1-3H3,(H2,34,35,36,37)/t20-/m0/s1. The largest absolute Gasteiger partial charge is 0.495 e. The molecule has 0 aliphatic heterocycles. The third kappa shape index (κ3) is 7.54. The van der Waals surface area contributed by atoms with Gasteiger partial charge in [0.2, 0.25) is 5.95 Å². The van der Waals surface area contributed by atoms with Gasteiger partial charge in [-0.05, 0) is 93.3 Å². The van der Waals surface area contributed by atoms with Crippen molar-refractivity contribution in [2.75, 3.05) is 37.6 Å². The van der Waals surface area contributed by atoms with E-state index in [1.165, 1.54) is 56.5 Å². The number of halogens is 1. The van der Waals surface area contributed by atoms with Crippen molar-refractivity contribution in [1.82, 2.24) is 9.97 Å². The minimum atomic E-state index is -2.73. The van der Waals surface area contributed by atoms with E-state index < -0.39 is 7.14 Å². The molecule has 2 aromatic carbocycles. The number of nitrogens with zero attached hydrogens (tertiary/aromatic N) is 3. The fourth-order valence-electron chi connectivity index (χ4n) is 5.23. The van der Waals surface area contributed by atoms with Crippen LogP contribution in [-0.4, -0.2) is 37.0 Å². The summed E-state index contributed by atoms with van der Waals surface area (Å²) >= 11 is 6.45. The molecule has 40 heavy (non-hydrogen) atoms. The van der Waals surface area contributed by atoms with Crippen LogP contribution in [0.4, 0.5) is 23.1 Å². The van der Waals surface area contributed by atoms with E-state index in [0.29, 0.717) is 39.1 Å². The molecular formula is C30H38ClN6O2P. The van der Waals surface area contributed by atoms with Crippen LogP contribution in [0.2, 0.25) is 5.02 Å². The van der Waals surface area contributed by atoms with Crippen LogP contribution in [0.5, 0.6) is 5.75 Å². The lowest BCUT2D eigenvalue weighted by Gasteiger charge is -2.18. The molecule has 1 aliphatic rings. The zero-order valence-corrected chi connectivity index (χ0v) is 25.1. The van der Waals surface area contributed by atoms with Crippen molar-refractivity contribution in [3.8, 4) is 11.8 Å². The summed E-state index contributed by atoms with van der Waals surface area (Å²) in [6.45, 7) is 4.11. The first-order valence-corrected chi connectivity index (χ1v) is 16.8. The smallest absolute Gasteiger partial charge is 0.229 e. The molecule has 3 aromatic rings. The van der Waals surface area contributed by atoms with E-state index >= 15 is 0 Å². The van der Waals surface area contributed by atoms with Crippen LogP contribution in [0.25, 0.3) is 0 Å². The van der Waals surface area contributed by atoms with E-state index in [9.17, 15) is 9.83 Å². The molecule has 0 unspecified atom stereocenters. The summed E-state index contributed by atoms with van der Waals surface area (Å²) in [5, 5.41) is 16.9. The van der Waals surface area contributed by atoms with E-state index in [-0.39, 0.29) is 0 Å². The molecule has 1 atom stereocenters. The number of hydrogen-bond donors (Lipinski definition) is 3. The van der Waals surface area contributed by atoms with Gasteiger partial charge in [-0.25, -0.2) is 4.98 Å². The maximum atomic E-state index is 13.1. The monoisotopic (exact) mass is 580 g/mol. The Balaban J connectivity index is 1.52. The van der Waals surface area contributed by atoms with Crippen LogP contribution in [0, 0.1) is 17.2 Å². The zero-order chi connectivity index (χ0) is 28.7. The molecule has 1 aromatic heterocycles. The van der Waals surface area contributed by atoms with Gasteiger partial charge in [-0.3, -0.25) is 0 Å². The van der Waals surface area contributed by atoms with Crippen LogP contribution < -0.4 is 26.4 Å². The number of benzene rings is 2. The number of anilines is 4. The number of rotatable bonds is 11. The van der Waals surface area contributed by atoms with Gasteiger partial charge in [-0.1, -0.05) is 36.9 Å². The highest BCUT2D eigenvalue weighted by molar-refractivity contribution is 7.70. The third-order valence-electron chi connectivity index (χ3n) is 7.44. The molecule has 4 N–H and O–H groups in total. The van der Waals surface area contributed by atoms with Gasteiger partial charge in [-0.2, -0.15) is 10.2 Å². The first-order valence-electron chi connectivity index (χ1n) is 13.8. The van der Waals surface area contributed by atoms with Crippen molar-refractivity contribution in [3.63, 3.8) is 0 Å². The lowest BCUT2D eigenvalue weighted by molar-refractivity contribution is 0.411. The SMILES string of the molecule is COc1cc(P(C)(C)=O)c(Nc2nc(Nc3ccc4c(c3)CC[C@@H](CCCCCN)CC4)ncc2Cl)cc1C#N. The highest BCUT2D eigenvalue weighted by atomic mass is 35.5. The highest BCUT2D eigenvalue weighted by Gasteiger charge is 2.22. The normalized spacial score (nSPS) is 15.1. The molecule has 0 saturated carbocycles. The second kappa shape index (κ2) is 13.5. The summed E-state index contributed by atoms with van der Waals surface area (Å²) < 4.78 is 18.4. The van der Waals surface area contributed by atoms with Crippen molar-refractivity contribution in [1.29, 1.82) is 5.26 Å². The molecule has 8 nitrogen and oxygen atoms in total. The van der Waals surface area contributed by atoms with E-state index in [2.05, 4.69) is 44.9 Å². The first kappa shape index (κ1) is 29.9. The molecule has 1 aliphatic carbocycles. The molecule has 0 saturated heterocycles. The van der Waals surface area contributed by atoms with Crippen molar-refractivity contribution in [2.24, 2.45) is 11.7 Å². The van der Waals surface area contributed by atoms with Gasteiger partial charge in [0.25, 0.3) is 0 Å². The van der Waals surface area contributed by atoms with Crippen LogP contribution >= 0.6 is 18.7 Å². The molecule has 10 heteroatoms. The van der Waals surface area contributed by atoms with Crippen LogP contribution in [0.15, 0.2) is 36.5 Å². The summed E-state index contributed by atoms with van der Waals surface area (Å²) in [6, 6.07) is 11.8.